The number of anilines is 1. The van der Waals surface area contributed by atoms with Gasteiger partial charge in [-0.2, -0.15) is 13.2 Å². The maximum absolute atomic E-state index is 13.6. The van der Waals surface area contributed by atoms with E-state index in [2.05, 4.69) is 0 Å². The Kier molecular flexibility index (Phi) is 3.71. The van der Waals surface area contributed by atoms with Crippen LogP contribution in [0.15, 0.2) is 30.3 Å². The first-order valence-electron chi connectivity index (χ1n) is 5.47. The van der Waals surface area contributed by atoms with Crippen molar-refractivity contribution >= 4 is 5.69 Å². The summed E-state index contributed by atoms with van der Waals surface area (Å²) < 4.78 is 81.9. The average Bonchev–Trinajstić information content (AvgIpc) is 2.34. The van der Waals surface area contributed by atoms with Crippen molar-refractivity contribution in [1.82, 2.24) is 0 Å². The molecule has 0 aliphatic carbocycles. The molecule has 0 saturated carbocycles. The van der Waals surface area contributed by atoms with Crippen molar-refractivity contribution in [3.63, 3.8) is 0 Å². The van der Waals surface area contributed by atoms with Gasteiger partial charge in [0.1, 0.15) is 5.82 Å². The fourth-order valence-corrected chi connectivity index (χ4v) is 1.54. The minimum atomic E-state index is -4.89. The fraction of sp³-hybridized carbons (Fsp3) is 0.0769. The molecule has 0 radical (unpaired) electrons. The normalized spacial score (nSPS) is 11.5. The molecule has 0 heterocycles. The van der Waals surface area contributed by atoms with Crippen molar-refractivity contribution in [2.24, 2.45) is 0 Å². The van der Waals surface area contributed by atoms with Crippen LogP contribution in [0.1, 0.15) is 5.56 Å². The first kappa shape index (κ1) is 15.0. The molecule has 0 amide bonds. The summed E-state index contributed by atoms with van der Waals surface area (Å²) in [6.07, 6.45) is -4.89. The molecule has 21 heavy (non-hydrogen) atoms. The first-order valence-corrected chi connectivity index (χ1v) is 5.47. The van der Waals surface area contributed by atoms with Gasteiger partial charge in [0, 0.05) is 6.07 Å². The van der Waals surface area contributed by atoms with E-state index in [0.29, 0.717) is 0 Å². The predicted molar refractivity (Wildman–Crippen MR) is 62.2 cm³/mol. The van der Waals surface area contributed by atoms with Gasteiger partial charge < -0.3 is 10.5 Å². The van der Waals surface area contributed by atoms with Gasteiger partial charge in [0.2, 0.25) is 0 Å². The molecular weight excluding hydrogens is 300 g/mol. The Morgan fingerprint density at radius 2 is 1.48 bits per heavy atom. The summed E-state index contributed by atoms with van der Waals surface area (Å²) >= 11 is 0. The van der Waals surface area contributed by atoms with E-state index in [-0.39, 0.29) is 23.6 Å². The van der Waals surface area contributed by atoms with Crippen LogP contribution in [-0.2, 0) is 6.18 Å². The number of nitrogens with two attached hydrogens (primary N) is 1. The van der Waals surface area contributed by atoms with E-state index in [9.17, 15) is 26.3 Å². The van der Waals surface area contributed by atoms with Crippen LogP contribution in [0.4, 0.5) is 32.0 Å². The standard InChI is InChI=1S/C13H7F6NO/c14-7-1-2-11(10(20)5-7)21-12-8(15)3-6(4-9(12)16)13(17,18)19/h1-5H,20H2. The topological polar surface area (TPSA) is 35.2 Å². The van der Waals surface area contributed by atoms with Crippen molar-refractivity contribution in [2.75, 3.05) is 5.73 Å². The molecule has 2 rings (SSSR count). The number of nitrogen functional groups attached to an aromatic ring is 1. The third-order valence-corrected chi connectivity index (χ3v) is 2.51. The van der Waals surface area contributed by atoms with Gasteiger partial charge in [-0.25, -0.2) is 13.2 Å². The van der Waals surface area contributed by atoms with Crippen LogP contribution < -0.4 is 10.5 Å². The van der Waals surface area contributed by atoms with E-state index in [1.54, 1.807) is 0 Å². The van der Waals surface area contributed by atoms with Crippen molar-refractivity contribution in [3.8, 4) is 11.5 Å². The minimum absolute atomic E-state index is 0.0954. The van der Waals surface area contributed by atoms with Crippen LogP contribution in [0.5, 0.6) is 11.5 Å². The maximum atomic E-state index is 13.6. The van der Waals surface area contributed by atoms with Gasteiger partial charge in [0.15, 0.2) is 23.1 Å². The second-order valence-electron chi connectivity index (χ2n) is 4.05. The Bertz CT molecular complexity index is 660. The second-order valence-corrected chi connectivity index (χ2v) is 4.05. The van der Waals surface area contributed by atoms with Gasteiger partial charge in [-0.3, -0.25) is 0 Å². The van der Waals surface area contributed by atoms with E-state index in [4.69, 9.17) is 10.5 Å². The number of rotatable bonds is 2. The van der Waals surface area contributed by atoms with Gasteiger partial charge in [0.05, 0.1) is 11.3 Å². The lowest BCUT2D eigenvalue weighted by Crippen LogP contribution is -2.07. The molecule has 2 aromatic rings. The number of alkyl halides is 3. The Hall–Kier alpha value is -2.38. The minimum Gasteiger partial charge on any atom is -0.449 e. The van der Waals surface area contributed by atoms with Crippen LogP contribution in [0.3, 0.4) is 0 Å². The zero-order valence-corrected chi connectivity index (χ0v) is 10.1. The molecule has 0 aliphatic heterocycles. The maximum Gasteiger partial charge on any atom is 0.416 e. The van der Waals surface area contributed by atoms with Crippen LogP contribution in [0.2, 0.25) is 0 Å². The number of halogens is 6. The quantitative estimate of drug-likeness (QED) is 0.655. The monoisotopic (exact) mass is 307 g/mol. The van der Waals surface area contributed by atoms with Crippen molar-refractivity contribution in [3.05, 3.63) is 53.3 Å². The van der Waals surface area contributed by atoms with Crippen LogP contribution in [0, 0.1) is 17.5 Å². The summed E-state index contributed by atoms with van der Waals surface area (Å²) in [6.45, 7) is 0. The molecule has 2 nitrogen and oxygen atoms in total. The van der Waals surface area contributed by atoms with Crippen LogP contribution in [0.25, 0.3) is 0 Å². The number of benzene rings is 2. The zero-order valence-electron chi connectivity index (χ0n) is 10.1. The molecule has 0 aliphatic rings. The second kappa shape index (κ2) is 5.19. The molecule has 112 valence electrons. The summed E-state index contributed by atoms with van der Waals surface area (Å²) in [5.41, 5.74) is 3.63. The Morgan fingerprint density at radius 1 is 0.905 bits per heavy atom. The van der Waals surface area contributed by atoms with Gasteiger partial charge in [-0.05, 0) is 24.3 Å². The number of ether oxygens (including phenoxy) is 1. The summed E-state index contributed by atoms with van der Waals surface area (Å²) in [7, 11) is 0. The van der Waals surface area contributed by atoms with Gasteiger partial charge in [0.25, 0.3) is 0 Å². The number of hydrogen-bond acceptors (Lipinski definition) is 2. The van der Waals surface area contributed by atoms with E-state index < -0.39 is 34.9 Å². The molecule has 0 aromatic heterocycles. The summed E-state index contributed by atoms with van der Waals surface area (Å²) in [5, 5.41) is 0. The predicted octanol–water partition coefficient (Wildman–Crippen LogP) is 4.50. The SMILES string of the molecule is Nc1cc(F)ccc1Oc1c(F)cc(C(F)(F)F)cc1F. The van der Waals surface area contributed by atoms with E-state index in [1.165, 1.54) is 0 Å². The molecule has 0 bridgehead atoms. The highest BCUT2D eigenvalue weighted by Gasteiger charge is 2.33. The molecule has 0 unspecified atom stereocenters. The molecule has 0 saturated heterocycles. The highest BCUT2D eigenvalue weighted by Crippen LogP contribution is 2.36. The molecule has 2 aromatic carbocycles. The highest BCUT2D eigenvalue weighted by molar-refractivity contribution is 5.54. The fourth-order valence-electron chi connectivity index (χ4n) is 1.54. The largest absolute Gasteiger partial charge is 0.449 e. The van der Waals surface area contributed by atoms with E-state index in [0.717, 1.165) is 18.2 Å². The molecule has 0 fully saturated rings. The Balaban J connectivity index is 2.41. The average molecular weight is 307 g/mol. The molecule has 8 heteroatoms. The zero-order chi connectivity index (χ0) is 15.8. The van der Waals surface area contributed by atoms with Crippen LogP contribution >= 0.6 is 0 Å². The van der Waals surface area contributed by atoms with Gasteiger partial charge in [-0.15, -0.1) is 0 Å². The highest BCUT2D eigenvalue weighted by atomic mass is 19.4. The Morgan fingerprint density at radius 3 is 1.95 bits per heavy atom. The third kappa shape index (κ3) is 3.21. The Labute approximate surface area is 114 Å². The third-order valence-electron chi connectivity index (χ3n) is 2.51. The lowest BCUT2D eigenvalue weighted by Gasteiger charge is -2.12. The number of hydrogen-bond donors (Lipinski definition) is 1. The lowest BCUT2D eigenvalue weighted by molar-refractivity contribution is -0.138. The molecular formula is C13H7F6NO. The smallest absolute Gasteiger partial charge is 0.416 e. The summed E-state index contributed by atoms with van der Waals surface area (Å²) in [4.78, 5) is 0. The van der Waals surface area contributed by atoms with Gasteiger partial charge in [-0.1, -0.05) is 0 Å². The summed E-state index contributed by atoms with van der Waals surface area (Å²) in [5.74, 6) is -5.14. The van der Waals surface area contributed by atoms with E-state index >= 15 is 0 Å². The van der Waals surface area contributed by atoms with Crippen molar-refractivity contribution < 1.29 is 31.1 Å². The molecule has 0 spiro atoms. The van der Waals surface area contributed by atoms with Crippen LogP contribution in [-0.4, -0.2) is 0 Å². The van der Waals surface area contributed by atoms with Crippen molar-refractivity contribution in [2.45, 2.75) is 6.18 Å². The summed E-state index contributed by atoms with van der Waals surface area (Å²) in [6, 6.07) is 2.96. The molecule has 0 atom stereocenters. The lowest BCUT2D eigenvalue weighted by atomic mass is 10.2. The molecule has 2 N–H and O–H groups in total. The van der Waals surface area contributed by atoms with E-state index in [1.807, 2.05) is 0 Å². The first-order chi connectivity index (χ1) is 9.68. The van der Waals surface area contributed by atoms with Gasteiger partial charge >= 0.3 is 6.18 Å². The van der Waals surface area contributed by atoms with Crippen molar-refractivity contribution in [1.29, 1.82) is 0 Å².